The molecule has 5 nitrogen and oxygen atoms in total. The van der Waals surface area contributed by atoms with E-state index in [1.165, 1.54) is 10.7 Å². The van der Waals surface area contributed by atoms with Crippen molar-refractivity contribution in [2.24, 2.45) is 5.10 Å². The van der Waals surface area contributed by atoms with Gasteiger partial charge in [0.15, 0.2) is 0 Å². The van der Waals surface area contributed by atoms with Gasteiger partial charge >= 0.3 is 0 Å². The van der Waals surface area contributed by atoms with Crippen molar-refractivity contribution < 1.29 is 8.42 Å². The lowest BCUT2D eigenvalue weighted by Crippen LogP contribution is -2.26. The molecule has 0 N–H and O–H groups in total. The number of nitrogens with zero attached hydrogens (tertiary/aromatic N) is 3. The van der Waals surface area contributed by atoms with E-state index in [1.807, 2.05) is 55.4 Å². The molecule has 0 spiro atoms. The second-order valence-corrected chi connectivity index (χ2v) is 8.58. The highest BCUT2D eigenvalue weighted by atomic mass is 35.5. The van der Waals surface area contributed by atoms with E-state index in [1.54, 1.807) is 12.1 Å². The summed E-state index contributed by atoms with van der Waals surface area (Å²) in [6.07, 6.45) is 1.70. The summed E-state index contributed by atoms with van der Waals surface area (Å²) in [7, 11) is 0.436. The number of hydrogen-bond donors (Lipinski definition) is 0. The summed E-state index contributed by atoms with van der Waals surface area (Å²) in [5.41, 5.74) is 3.56. The molecule has 132 valence electrons. The van der Waals surface area contributed by atoms with Gasteiger partial charge < -0.3 is 4.90 Å². The van der Waals surface area contributed by atoms with Crippen LogP contribution in [-0.2, 0) is 10.0 Å². The van der Waals surface area contributed by atoms with Crippen LogP contribution >= 0.6 is 11.6 Å². The largest absolute Gasteiger partial charge is 0.378 e. The van der Waals surface area contributed by atoms with Crippen LogP contribution in [0.5, 0.6) is 0 Å². The first-order valence-corrected chi connectivity index (χ1v) is 10.1. The fourth-order valence-corrected chi connectivity index (χ4v) is 3.90. The zero-order valence-corrected chi connectivity index (χ0v) is 15.9. The molecule has 7 heteroatoms. The molecular weight excluding hydrogens is 358 g/mol. The zero-order chi connectivity index (χ0) is 18.2. The van der Waals surface area contributed by atoms with Crippen LogP contribution in [-0.4, -0.2) is 38.9 Å². The highest BCUT2D eigenvalue weighted by molar-refractivity contribution is 7.88. The first-order valence-electron chi connectivity index (χ1n) is 7.86. The van der Waals surface area contributed by atoms with Crippen LogP contribution in [0, 0.1) is 0 Å². The van der Waals surface area contributed by atoms with Crippen molar-refractivity contribution in [1.29, 1.82) is 0 Å². The molecule has 25 heavy (non-hydrogen) atoms. The summed E-state index contributed by atoms with van der Waals surface area (Å²) in [6, 6.07) is 14.8. The summed E-state index contributed by atoms with van der Waals surface area (Å²) in [6.45, 7) is 0. The van der Waals surface area contributed by atoms with Gasteiger partial charge in [-0.2, -0.15) is 9.52 Å². The maximum atomic E-state index is 12.3. The molecule has 3 rings (SSSR count). The van der Waals surface area contributed by atoms with Crippen molar-refractivity contribution in [2.45, 2.75) is 12.5 Å². The van der Waals surface area contributed by atoms with Gasteiger partial charge in [-0.15, -0.1) is 0 Å². The van der Waals surface area contributed by atoms with Crippen LogP contribution in [0.4, 0.5) is 5.69 Å². The van der Waals surface area contributed by atoms with Crippen molar-refractivity contribution in [2.75, 3.05) is 25.3 Å². The van der Waals surface area contributed by atoms with Gasteiger partial charge in [0.2, 0.25) is 10.0 Å². The number of hydrogen-bond acceptors (Lipinski definition) is 4. The Morgan fingerprint density at radius 1 is 1.16 bits per heavy atom. The number of halogens is 1. The van der Waals surface area contributed by atoms with Crippen LogP contribution in [0.2, 0.25) is 5.02 Å². The van der Waals surface area contributed by atoms with Crippen LogP contribution < -0.4 is 4.90 Å². The molecule has 0 amide bonds. The average molecular weight is 378 g/mol. The minimum atomic E-state index is -3.48. The molecule has 0 radical (unpaired) electrons. The van der Waals surface area contributed by atoms with Gasteiger partial charge in [-0.1, -0.05) is 35.9 Å². The van der Waals surface area contributed by atoms with Crippen molar-refractivity contribution in [1.82, 2.24) is 4.41 Å². The van der Waals surface area contributed by atoms with E-state index >= 15 is 0 Å². The molecule has 0 aromatic heterocycles. The maximum absolute atomic E-state index is 12.3. The third kappa shape index (κ3) is 3.80. The fraction of sp³-hybridized carbons (Fsp3) is 0.278. The van der Waals surface area contributed by atoms with Gasteiger partial charge in [-0.25, -0.2) is 8.42 Å². The standard InChI is InChI=1S/C18H20ClN3O2S/c1-21(2)16-6-4-5-14(11-16)18-12-17(20-22(18)25(3,23)24)13-7-9-15(19)10-8-13/h4-11,18H,12H2,1-3H3/t18-/m0/s1. The number of hydrazone groups is 1. The van der Waals surface area contributed by atoms with E-state index in [9.17, 15) is 8.42 Å². The van der Waals surface area contributed by atoms with E-state index in [2.05, 4.69) is 5.10 Å². The Morgan fingerprint density at radius 3 is 2.44 bits per heavy atom. The molecule has 1 atom stereocenters. The van der Waals surface area contributed by atoms with Gasteiger partial charge in [0.05, 0.1) is 18.0 Å². The van der Waals surface area contributed by atoms with E-state index < -0.39 is 10.0 Å². The topological polar surface area (TPSA) is 53.0 Å². The molecular formula is C18H20ClN3O2S. The lowest BCUT2D eigenvalue weighted by atomic mass is 9.99. The Labute approximate surface area is 153 Å². The Morgan fingerprint density at radius 2 is 1.84 bits per heavy atom. The average Bonchev–Trinajstić information content (AvgIpc) is 3.01. The lowest BCUT2D eigenvalue weighted by Gasteiger charge is -2.23. The smallest absolute Gasteiger partial charge is 0.247 e. The molecule has 0 bridgehead atoms. The van der Waals surface area contributed by atoms with E-state index in [-0.39, 0.29) is 6.04 Å². The first kappa shape index (κ1) is 17.8. The molecule has 0 aliphatic carbocycles. The predicted molar refractivity (Wildman–Crippen MR) is 103 cm³/mol. The van der Waals surface area contributed by atoms with Gasteiger partial charge in [0.25, 0.3) is 0 Å². The summed E-state index contributed by atoms with van der Waals surface area (Å²) < 4.78 is 25.7. The second kappa shape index (κ2) is 6.69. The predicted octanol–water partition coefficient (Wildman–Crippen LogP) is 3.52. The Bertz CT molecular complexity index is 908. The Hall–Kier alpha value is -2.05. The molecule has 1 heterocycles. The normalized spacial score (nSPS) is 17.5. The highest BCUT2D eigenvalue weighted by Crippen LogP contribution is 2.35. The zero-order valence-electron chi connectivity index (χ0n) is 14.3. The molecule has 0 unspecified atom stereocenters. The van der Waals surface area contributed by atoms with Crippen molar-refractivity contribution in [3.8, 4) is 0 Å². The third-order valence-electron chi connectivity index (χ3n) is 4.16. The summed E-state index contributed by atoms with van der Waals surface area (Å²) >= 11 is 5.94. The first-order chi connectivity index (χ1) is 11.8. The van der Waals surface area contributed by atoms with Crippen molar-refractivity contribution >= 4 is 33.0 Å². The van der Waals surface area contributed by atoms with Crippen LogP contribution in [0.3, 0.4) is 0 Å². The monoisotopic (exact) mass is 377 g/mol. The van der Waals surface area contributed by atoms with Gasteiger partial charge in [-0.05, 0) is 35.4 Å². The minimum absolute atomic E-state index is 0.347. The quantitative estimate of drug-likeness (QED) is 0.819. The van der Waals surface area contributed by atoms with E-state index in [0.717, 1.165) is 22.5 Å². The van der Waals surface area contributed by atoms with Gasteiger partial charge in [-0.3, -0.25) is 0 Å². The highest BCUT2D eigenvalue weighted by Gasteiger charge is 2.34. The van der Waals surface area contributed by atoms with E-state index in [4.69, 9.17) is 11.6 Å². The number of sulfonamides is 1. The van der Waals surface area contributed by atoms with Crippen molar-refractivity contribution in [3.05, 3.63) is 64.7 Å². The number of rotatable bonds is 4. The molecule has 2 aromatic rings. The lowest BCUT2D eigenvalue weighted by molar-refractivity contribution is 0.375. The summed E-state index contributed by atoms with van der Waals surface area (Å²) in [5, 5.41) is 5.03. The number of benzene rings is 2. The van der Waals surface area contributed by atoms with Crippen molar-refractivity contribution in [3.63, 3.8) is 0 Å². The van der Waals surface area contributed by atoms with Gasteiger partial charge in [0, 0.05) is 31.2 Å². The SMILES string of the molecule is CN(C)c1cccc([C@@H]2CC(c3ccc(Cl)cc3)=NN2S(C)(=O)=O)c1. The minimum Gasteiger partial charge on any atom is -0.378 e. The van der Waals surface area contributed by atoms with Crippen LogP contribution in [0.15, 0.2) is 53.6 Å². The third-order valence-corrected chi connectivity index (χ3v) is 5.43. The molecule has 1 aliphatic heterocycles. The Balaban J connectivity index is 2.00. The molecule has 1 aliphatic rings. The fourth-order valence-electron chi connectivity index (χ4n) is 2.87. The van der Waals surface area contributed by atoms with E-state index in [0.29, 0.717) is 11.4 Å². The molecule has 0 fully saturated rings. The second-order valence-electron chi connectivity index (χ2n) is 6.30. The molecule has 0 saturated heterocycles. The number of anilines is 1. The van der Waals surface area contributed by atoms with Crippen LogP contribution in [0.25, 0.3) is 0 Å². The summed E-state index contributed by atoms with van der Waals surface area (Å²) in [4.78, 5) is 1.99. The Kier molecular flexibility index (Phi) is 4.75. The van der Waals surface area contributed by atoms with Crippen LogP contribution in [0.1, 0.15) is 23.6 Å². The summed E-state index contributed by atoms with van der Waals surface area (Å²) in [5.74, 6) is 0. The molecule has 2 aromatic carbocycles. The van der Waals surface area contributed by atoms with Gasteiger partial charge in [0.1, 0.15) is 0 Å². The maximum Gasteiger partial charge on any atom is 0.247 e. The molecule has 0 saturated carbocycles.